The van der Waals surface area contributed by atoms with Gasteiger partial charge in [-0.05, 0) is 69.0 Å². The first-order valence-electron chi connectivity index (χ1n) is 11.3. The molecule has 1 atom stereocenters. The zero-order chi connectivity index (χ0) is 25.3. The van der Waals surface area contributed by atoms with Crippen LogP contribution in [0.3, 0.4) is 0 Å². The number of nitrogens with one attached hydrogen (secondary N) is 1. The van der Waals surface area contributed by atoms with Crippen molar-refractivity contribution < 1.29 is 26.9 Å². The molecule has 0 bridgehead atoms. The Morgan fingerprint density at radius 3 is 2.51 bits per heavy atom. The molecule has 0 radical (unpaired) electrons. The van der Waals surface area contributed by atoms with E-state index in [9.17, 15) is 18.0 Å². The fraction of sp³-hybridized carbons (Fsp3) is 0.400. The number of nitrogens with zero attached hydrogens (tertiary/aromatic N) is 3. The van der Waals surface area contributed by atoms with Crippen LogP contribution in [-0.2, 0) is 6.54 Å². The summed E-state index contributed by atoms with van der Waals surface area (Å²) in [6.45, 7) is 5.33. The minimum Gasteiger partial charge on any atom is -0.371 e. The first kappa shape index (κ1) is 24.7. The highest BCUT2D eigenvalue weighted by molar-refractivity contribution is 5.94. The van der Waals surface area contributed by atoms with Crippen molar-refractivity contribution in [1.82, 2.24) is 15.5 Å². The number of hydrogen-bond donors (Lipinski definition) is 1. The summed E-state index contributed by atoms with van der Waals surface area (Å²) in [4.78, 5) is 18.5. The standard InChI is InChI=1S/C25H26F4N4O2/c1-14-7-17(8-15(2)31-14)23-18(11-30-24(34)21-13-35-32-16(21)3)9-20(10-22(23)26)33-6-4-5-19(12-33)25(27,28)29/h7-10,13,19H,4-6,11-12H2,1-3H3,(H,30,34). The summed E-state index contributed by atoms with van der Waals surface area (Å²) >= 11 is 0. The molecule has 0 aliphatic carbocycles. The quantitative estimate of drug-likeness (QED) is 0.478. The van der Waals surface area contributed by atoms with Gasteiger partial charge in [0.25, 0.3) is 5.91 Å². The Morgan fingerprint density at radius 2 is 1.89 bits per heavy atom. The highest BCUT2D eigenvalue weighted by Crippen LogP contribution is 2.37. The third-order valence-electron chi connectivity index (χ3n) is 6.21. The molecule has 186 valence electrons. The lowest BCUT2D eigenvalue weighted by Gasteiger charge is -2.35. The molecule has 1 saturated heterocycles. The molecule has 2 aromatic heterocycles. The van der Waals surface area contributed by atoms with Gasteiger partial charge in [0.1, 0.15) is 17.6 Å². The Labute approximate surface area is 200 Å². The first-order valence-corrected chi connectivity index (χ1v) is 11.3. The number of amides is 1. The normalized spacial score (nSPS) is 16.4. The SMILES string of the molecule is Cc1cc(-c2c(F)cc(N3CCCC(C(F)(F)F)C3)cc2CNC(=O)c2conc2C)cc(C)n1. The molecule has 3 aromatic rings. The van der Waals surface area contributed by atoms with Crippen LogP contribution < -0.4 is 10.2 Å². The van der Waals surface area contributed by atoms with Crippen molar-refractivity contribution in [3.63, 3.8) is 0 Å². The van der Waals surface area contributed by atoms with Crippen molar-refractivity contribution in [2.45, 2.75) is 46.3 Å². The second-order valence-corrected chi connectivity index (χ2v) is 8.92. The number of carbonyl (C=O) groups is 1. The molecule has 4 rings (SSSR count). The molecule has 1 N–H and O–H groups in total. The number of aromatic nitrogens is 2. The van der Waals surface area contributed by atoms with Gasteiger partial charge >= 0.3 is 6.18 Å². The van der Waals surface area contributed by atoms with Gasteiger partial charge in [0.2, 0.25) is 0 Å². The van der Waals surface area contributed by atoms with Crippen LogP contribution in [0.25, 0.3) is 11.1 Å². The van der Waals surface area contributed by atoms with Crippen molar-refractivity contribution >= 4 is 11.6 Å². The maximum Gasteiger partial charge on any atom is 0.393 e. The molecule has 1 amide bonds. The molecule has 3 heterocycles. The number of anilines is 1. The molecule has 0 spiro atoms. The smallest absolute Gasteiger partial charge is 0.371 e. The average Bonchev–Trinajstić information content (AvgIpc) is 3.22. The van der Waals surface area contributed by atoms with Gasteiger partial charge in [-0.2, -0.15) is 13.2 Å². The Hall–Kier alpha value is -3.43. The molecule has 1 aliphatic heterocycles. The van der Waals surface area contributed by atoms with Crippen LogP contribution in [0.2, 0.25) is 0 Å². The topological polar surface area (TPSA) is 71.3 Å². The summed E-state index contributed by atoms with van der Waals surface area (Å²) in [5.41, 5.74) is 3.71. The number of alkyl halides is 3. The summed E-state index contributed by atoms with van der Waals surface area (Å²) in [6.07, 6.45) is -2.67. The number of pyridine rings is 1. The van der Waals surface area contributed by atoms with E-state index in [1.165, 1.54) is 12.3 Å². The summed E-state index contributed by atoms with van der Waals surface area (Å²) in [7, 11) is 0. The fourth-order valence-electron chi connectivity index (χ4n) is 4.53. The zero-order valence-electron chi connectivity index (χ0n) is 19.7. The van der Waals surface area contributed by atoms with E-state index in [0.29, 0.717) is 46.9 Å². The van der Waals surface area contributed by atoms with Gasteiger partial charge in [-0.3, -0.25) is 9.78 Å². The highest BCUT2D eigenvalue weighted by atomic mass is 19.4. The van der Waals surface area contributed by atoms with E-state index >= 15 is 4.39 Å². The molecule has 6 nitrogen and oxygen atoms in total. The second-order valence-electron chi connectivity index (χ2n) is 8.92. The van der Waals surface area contributed by atoms with Crippen molar-refractivity contribution in [3.8, 4) is 11.1 Å². The average molecular weight is 491 g/mol. The third kappa shape index (κ3) is 5.47. The summed E-state index contributed by atoms with van der Waals surface area (Å²) in [6, 6.07) is 6.40. The largest absolute Gasteiger partial charge is 0.393 e. The van der Waals surface area contributed by atoms with E-state index in [-0.39, 0.29) is 30.6 Å². The molecule has 10 heteroatoms. The Kier molecular flexibility index (Phi) is 6.82. The molecular formula is C25H26F4N4O2. The summed E-state index contributed by atoms with van der Waals surface area (Å²) in [5.74, 6) is -2.49. The van der Waals surface area contributed by atoms with Crippen LogP contribution in [0.15, 0.2) is 35.1 Å². The second kappa shape index (κ2) is 9.67. The van der Waals surface area contributed by atoms with Crippen LogP contribution in [0.1, 0.15) is 45.8 Å². The van der Waals surface area contributed by atoms with Crippen LogP contribution in [0.5, 0.6) is 0 Å². The molecule has 0 saturated carbocycles. The molecule has 1 aromatic carbocycles. The van der Waals surface area contributed by atoms with Gasteiger partial charge in [-0.25, -0.2) is 4.39 Å². The summed E-state index contributed by atoms with van der Waals surface area (Å²) in [5, 5.41) is 6.44. The molecule has 1 fully saturated rings. The minimum absolute atomic E-state index is 0.0412. The monoisotopic (exact) mass is 490 g/mol. The fourth-order valence-corrected chi connectivity index (χ4v) is 4.53. The van der Waals surface area contributed by atoms with E-state index in [4.69, 9.17) is 4.52 Å². The number of aryl methyl sites for hydroxylation is 3. The minimum atomic E-state index is -4.31. The lowest BCUT2D eigenvalue weighted by Crippen LogP contribution is -2.41. The van der Waals surface area contributed by atoms with Gasteiger partial charge in [-0.1, -0.05) is 5.16 Å². The predicted molar refractivity (Wildman–Crippen MR) is 123 cm³/mol. The van der Waals surface area contributed by atoms with Gasteiger partial charge in [0.15, 0.2) is 0 Å². The highest BCUT2D eigenvalue weighted by Gasteiger charge is 2.42. The number of piperidine rings is 1. The van der Waals surface area contributed by atoms with E-state index < -0.39 is 23.8 Å². The third-order valence-corrected chi connectivity index (χ3v) is 6.21. The maximum atomic E-state index is 15.6. The number of benzene rings is 1. The van der Waals surface area contributed by atoms with Crippen LogP contribution in [-0.4, -0.2) is 35.3 Å². The van der Waals surface area contributed by atoms with Crippen LogP contribution in [0.4, 0.5) is 23.2 Å². The maximum absolute atomic E-state index is 15.6. The number of rotatable bonds is 5. The number of hydrogen-bond acceptors (Lipinski definition) is 5. The molecule has 35 heavy (non-hydrogen) atoms. The summed E-state index contributed by atoms with van der Waals surface area (Å²) < 4.78 is 60.5. The van der Waals surface area contributed by atoms with Gasteiger partial charge in [-0.15, -0.1) is 0 Å². The Balaban J connectivity index is 1.72. The van der Waals surface area contributed by atoms with Crippen LogP contribution >= 0.6 is 0 Å². The first-order chi connectivity index (χ1) is 16.5. The van der Waals surface area contributed by atoms with E-state index in [2.05, 4.69) is 15.5 Å². The van der Waals surface area contributed by atoms with Crippen LogP contribution in [0, 0.1) is 32.5 Å². The Morgan fingerprint density at radius 1 is 1.17 bits per heavy atom. The van der Waals surface area contributed by atoms with Gasteiger partial charge in [0.05, 0.1) is 11.6 Å². The predicted octanol–water partition coefficient (Wildman–Crippen LogP) is 5.51. The lowest BCUT2D eigenvalue weighted by molar-refractivity contribution is -0.175. The van der Waals surface area contributed by atoms with E-state index in [1.54, 1.807) is 43.9 Å². The molecular weight excluding hydrogens is 464 g/mol. The zero-order valence-corrected chi connectivity index (χ0v) is 19.7. The molecule has 1 unspecified atom stereocenters. The van der Waals surface area contributed by atoms with Crippen molar-refractivity contribution in [3.05, 3.63) is 64.6 Å². The lowest BCUT2D eigenvalue weighted by atomic mass is 9.94. The Bertz CT molecular complexity index is 1220. The van der Waals surface area contributed by atoms with E-state index in [1.807, 2.05) is 0 Å². The van der Waals surface area contributed by atoms with Crippen molar-refractivity contribution in [2.75, 3.05) is 18.0 Å². The van der Waals surface area contributed by atoms with Gasteiger partial charge in [0, 0.05) is 42.3 Å². The van der Waals surface area contributed by atoms with E-state index in [0.717, 1.165) is 0 Å². The van der Waals surface area contributed by atoms with Gasteiger partial charge < -0.3 is 14.7 Å². The van der Waals surface area contributed by atoms with Crippen molar-refractivity contribution in [2.24, 2.45) is 5.92 Å². The van der Waals surface area contributed by atoms with Crippen molar-refractivity contribution in [1.29, 1.82) is 0 Å². The number of halogens is 4. The number of carbonyl (C=O) groups excluding carboxylic acids is 1. The molecule has 1 aliphatic rings.